The maximum atomic E-state index is 6.35. The lowest BCUT2D eigenvalue weighted by molar-refractivity contribution is 0.672. The number of benzene rings is 7. The van der Waals surface area contributed by atoms with Gasteiger partial charge in [-0.2, -0.15) is 0 Å². The third kappa shape index (κ3) is 3.83. The van der Waals surface area contributed by atoms with E-state index in [1.165, 1.54) is 55.5 Å². The van der Waals surface area contributed by atoms with Crippen LogP contribution < -0.4 is 10.2 Å². The predicted molar refractivity (Wildman–Crippen MR) is 186 cm³/mol. The van der Waals surface area contributed by atoms with E-state index >= 15 is 0 Å². The lowest BCUT2D eigenvalue weighted by Gasteiger charge is -2.26. The first-order valence-corrected chi connectivity index (χ1v) is 15.4. The molecule has 0 bridgehead atoms. The summed E-state index contributed by atoms with van der Waals surface area (Å²) in [5.41, 5.74) is 10.4. The van der Waals surface area contributed by atoms with Gasteiger partial charge < -0.3 is 14.6 Å². The van der Waals surface area contributed by atoms with Crippen LogP contribution >= 0.6 is 0 Å². The van der Waals surface area contributed by atoms with Crippen LogP contribution in [0.4, 0.5) is 17.1 Å². The zero-order valence-electron chi connectivity index (χ0n) is 24.4. The monoisotopic (exact) mass is 566 g/mol. The van der Waals surface area contributed by atoms with E-state index in [2.05, 4.69) is 151 Å². The van der Waals surface area contributed by atoms with Crippen LogP contribution in [0, 0.1) is 0 Å². The summed E-state index contributed by atoms with van der Waals surface area (Å²) in [6.07, 6.45) is 1.25. The highest BCUT2D eigenvalue weighted by molar-refractivity contribution is 6.19. The van der Waals surface area contributed by atoms with Crippen molar-refractivity contribution in [1.29, 1.82) is 0 Å². The van der Waals surface area contributed by atoms with Gasteiger partial charge in [0, 0.05) is 21.8 Å². The van der Waals surface area contributed by atoms with Gasteiger partial charge in [-0.1, -0.05) is 97.9 Å². The molecule has 8 aromatic rings. The molecule has 2 heterocycles. The summed E-state index contributed by atoms with van der Waals surface area (Å²) in [7, 11) is 0. The number of anilines is 3. The summed E-state index contributed by atoms with van der Waals surface area (Å²) in [5, 5.41) is 10.8. The summed E-state index contributed by atoms with van der Waals surface area (Å²) in [6, 6.07) is 50.4. The smallest absolute Gasteiger partial charge is 0.143 e. The lowest BCUT2D eigenvalue weighted by Crippen LogP contribution is -2.30. The van der Waals surface area contributed by atoms with Gasteiger partial charge in [0.1, 0.15) is 17.3 Å². The Morgan fingerprint density at radius 2 is 1.30 bits per heavy atom. The number of furan rings is 1. The molecule has 0 radical (unpaired) electrons. The fourth-order valence-corrected chi connectivity index (χ4v) is 7.04. The molecule has 0 amide bonds. The molecule has 44 heavy (non-hydrogen) atoms. The van der Waals surface area contributed by atoms with E-state index < -0.39 is 0 Å². The highest BCUT2D eigenvalue weighted by Crippen LogP contribution is 2.43. The van der Waals surface area contributed by atoms with Crippen LogP contribution in [-0.4, -0.2) is 6.17 Å². The Labute approximate surface area is 256 Å². The normalized spacial score (nSPS) is 14.5. The van der Waals surface area contributed by atoms with Crippen LogP contribution in [-0.2, 0) is 0 Å². The van der Waals surface area contributed by atoms with Crippen LogP contribution in [0.15, 0.2) is 144 Å². The quantitative estimate of drug-likeness (QED) is 0.230. The Kier molecular flexibility index (Phi) is 5.54. The Balaban J connectivity index is 1.13. The van der Waals surface area contributed by atoms with Crippen LogP contribution in [0.2, 0.25) is 0 Å². The number of nitrogens with zero attached hydrogens (tertiary/aromatic N) is 1. The van der Waals surface area contributed by atoms with E-state index in [9.17, 15) is 0 Å². The third-order valence-electron chi connectivity index (χ3n) is 9.18. The Morgan fingerprint density at radius 1 is 0.591 bits per heavy atom. The largest absolute Gasteiger partial charge is 0.455 e. The van der Waals surface area contributed by atoms with Gasteiger partial charge in [0.15, 0.2) is 0 Å². The molecule has 0 saturated heterocycles. The van der Waals surface area contributed by atoms with E-state index in [1.54, 1.807) is 0 Å². The summed E-state index contributed by atoms with van der Waals surface area (Å²) in [5.74, 6) is 0. The Morgan fingerprint density at radius 3 is 2.16 bits per heavy atom. The van der Waals surface area contributed by atoms with Gasteiger partial charge in [-0.25, -0.2) is 0 Å². The molecule has 3 heteroatoms. The highest BCUT2D eigenvalue weighted by Gasteiger charge is 2.28. The Hall–Kier alpha value is -5.54. The lowest BCUT2D eigenvalue weighted by atomic mass is 9.93. The maximum absolute atomic E-state index is 6.35. The first-order chi connectivity index (χ1) is 21.7. The standard InChI is InChI=1S/C41H30N2O/c1-2-40-42-37-15-6-7-16-38(37)43(40)31-11-9-10-26(24-31)27-18-19-29-23-30(21-20-28(29)22-27)35-25-36-33-13-5-8-17-39(33)44-41(36)34-14-4-3-12-32(34)35/h3-25,40,42H,2H2,1H3. The second kappa shape index (κ2) is 9.75. The van der Waals surface area contributed by atoms with E-state index in [0.29, 0.717) is 0 Å². The summed E-state index contributed by atoms with van der Waals surface area (Å²) >= 11 is 0. The SMILES string of the molecule is CCC1Nc2ccccc2N1c1cccc(-c2ccc3cc(-c4cc5c6ccccc6oc5c5ccccc45)ccc3c2)c1. The molecule has 0 saturated carbocycles. The van der Waals surface area contributed by atoms with Gasteiger partial charge in [0.2, 0.25) is 0 Å². The molecular formula is C41H30N2O. The second-order valence-electron chi connectivity index (χ2n) is 11.7. The van der Waals surface area contributed by atoms with Crippen molar-refractivity contribution in [3.63, 3.8) is 0 Å². The molecule has 0 aliphatic carbocycles. The molecule has 1 N–H and O–H groups in total. The second-order valence-corrected chi connectivity index (χ2v) is 11.7. The molecular weight excluding hydrogens is 536 g/mol. The zero-order chi connectivity index (χ0) is 29.2. The predicted octanol–water partition coefficient (Wildman–Crippen LogP) is 11.5. The third-order valence-corrected chi connectivity index (χ3v) is 9.18. The van der Waals surface area contributed by atoms with Crippen molar-refractivity contribution in [2.75, 3.05) is 10.2 Å². The van der Waals surface area contributed by atoms with Crippen LogP contribution in [0.3, 0.4) is 0 Å². The first-order valence-electron chi connectivity index (χ1n) is 15.4. The molecule has 1 aromatic heterocycles. The van der Waals surface area contributed by atoms with Crippen molar-refractivity contribution >= 4 is 60.5 Å². The molecule has 1 aliphatic heterocycles. The summed E-state index contributed by atoms with van der Waals surface area (Å²) in [4.78, 5) is 2.43. The van der Waals surface area contributed by atoms with Gasteiger partial charge in [0.05, 0.1) is 11.4 Å². The number of hydrogen-bond acceptors (Lipinski definition) is 3. The van der Waals surface area contributed by atoms with Crippen LogP contribution in [0.5, 0.6) is 0 Å². The van der Waals surface area contributed by atoms with Crippen LogP contribution in [0.25, 0.3) is 65.7 Å². The average Bonchev–Trinajstić information content (AvgIpc) is 3.66. The fraction of sp³-hybridized carbons (Fsp3) is 0.0732. The van der Waals surface area contributed by atoms with E-state index in [1.807, 2.05) is 6.07 Å². The molecule has 3 nitrogen and oxygen atoms in total. The maximum Gasteiger partial charge on any atom is 0.143 e. The van der Waals surface area contributed by atoms with Gasteiger partial charge in [-0.15, -0.1) is 0 Å². The van der Waals surface area contributed by atoms with Gasteiger partial charge in [-0.05, 0) is 93.4 Å². The van der Waals surface area contributed by atoms with Gasteiger partial charge in [-0.3, -0.25) is 0 Å². The minimum Gasteiger partial charge on any atom is -0.455 e. The number of nitrogens with one attached hydrogen (secondary N) is 1. The van der Waals surface area contributed by atoms with Gasteiger partial charge in [0.25, 0.3) is 0 Å². The van der Waals surface area contributed by atoms with E-state index in [4.69, 9.17) is 4.42 Å². The van der Waals surface area contributed by atoms with Crippen molar-refractivity contribution in [2.24, 2.45) is 0 Å². The molecule has 1 aliphatic rings. The molecule has 7 aromatic carbocycles. The Bertz CT molecular complexity index is 2380. The zero-order valence-corrected chi connectivity index (χ0v) is 24.4. The number of rotatable bonds is 4. The highest BCUT2D eigenvalue weighted by atomic mass is 16.3. The molecule has 1 unspecified atom stereocenters. The van der Waals surface area contributed by atoms with Crippen molar-refractivity contribution in [1.82, 2.24) is 0 Å². The first kappa shape index (κ1) is 25.0. The molecule has 0 spiro atoms. The van der Waals surface area contributed by atoms with E-state index in [-0.39, 0.29) is 6.17 Å². The summed E-state index contributed by atoms with van der Waals surface area (Å²) in [6.45, 7) is 2.23. The van der Waals surface area contributed by atoms with Crippen molar-refractivity contribution < 1.29 is 4.42 Å². The topological polar surface area (TPSA) is 28.4 Å². The van der Waals surface area contributed by atoms with Gasteiger partial charge >= 0.3 is 0 Å². The molecule has 210 valence electrons. The van der Waals surface area contributed by atoms with Crippen LogP contribution in [0.1, 0.15) is 13.3 Å². The van der Waals surface area contributed by atoms with E-state index in [0.717, 1.165) is 33.7 Å². The molecule has 9 rings (SSSR count). The summed E-state index contributed by atoms with van der Waals surface area (Å²) < 4.78 is 6.35. The number of fused-ring (bicyclic) bond motifs is 7. The minimum atomic E-state index is 0.244. The van der Waals surface area contributed by atoms with Crippen molar-refractivity contribution in [2.45, 2.75) is 19.5 Å². The molecule has 1 atom stereocenters. The van der Waals surface area contributed by atoms with Crippen molar-refractivity contribution in [3.05, 3.63) is 140 Å². The minimum absolute atomic E-state index is 0.244. The van der Waals surface area contributed by atoms with Crippen molar-refractivity contribution in [3.8, 4) is 22.3 Å². The number of hydrogen-bond donors (Lipinski definition) is 1. The molecule has 0 fully saturated rings. The average molecular weight is 567 g/mol. The fourth-order valence-electron chi connectivity index (χ4n) is 7.04. The number of para-hydroxylation sites is 3.